The van der Waals surface area contributed by atoms with Gasteiger partial charge >= 0.3 is 5.97 Å². The van der Waals surface area contributed by atoms with Crippen LogP contribution in [-0.4, -0.2) is 17.0 Å². The molecule has 1 aliphatic carbocycles. The number of fused-ring (bicyclic) bond motifs is 1. The van der Waals surface area contributed by atoms with Gasteiger partial charge in [0.1, 0.15) is 17.0 Å². The summed E-state index contributed by atoms with van der Waals surface area (Å²) in [5.74, 6) is -0.676. The smallest absolute Gasteiger partial charge is 0.339 e. The van der Waals surface area contributed by atoms with Gasteiger partial charge in [-0.2, -0.15) is 0 Å². The number of hydrogen-bond acceptors (Lipinski definition) is 4. The van der Waals surface area contributed by atoms with Gasteiger partial charge in [0, 0.05) is 4.88 Å². The second kappa shape index (κ2) is 5.37. The topological polar surface area (TPSA) is 79.5 Å². The Morgan fingerprint density at radius 1 is 1.33 bits per heavy atom. The van der Waals surface area contributed by atoms with E-state index in [0.29, 0.717) is 16.3 Å². The van der Waals surface area contributed by atoms with Crippen molar-refractivity contribution in [3.8, 4) is 0 Å². The fourth-order valence-electron chi connectivity index (χ4n) is 2.62. The number of furan rings is 1. The Balaban J connectivity index is 1.93. The number of aryl methyl sites for hydroxylation is 2. The highest BCUT2D eigenvalue weighted by Crippen LogP contribution is 2.38. The average molecular weight is 305 g/mol. The van der Waals surface area contributed by atoms with Crippen LogP contribution in [-0.2, 0) is 12.8 Å². The van der Waals surface area contributed by atoms with E-state index >= 15 is 0 Å². The van der Waals surface area contributed by atoms with E-state index in [4.69, 9.17) is 4.42 Å². The predicted molar refractivity (Wildman–Crippen MR) is 79.3 cm³/mol. The van der Waals surface area contributed by atoms with Crippen molar-refractivity contribution in [3.05, 3.63) is 39.7 Å². The van der Waals surface area contributed by atoms with Crippen LogP contribution in [0.5, 0.6) is 0 Å². The first-order valence-corrected chi connectivity index (χ1v) is 7.62. The highest BCUT2D eigenvalue weighted by molar-refractivity contribution is 7.17. The highest BCUT2D eigenvalue weighted by atomic mass is 32.1. The van der Waals surface area contributed by atoms with Gasteiger partial charge in [-0.3, -0.25) is 4.79 Å². The Kier molecular flexibility index (Phi) is 3.55. The van der Waals surface area contributed by atoms with Crippen LogP contribution in [0.3, 0.4) is 0 Å². The first kappa shape index (κ1) is 13.9. The van der Waals surface area contributed by atoms with E-state index in [1.807, 2.05) is 0 Å². The maximum absolute atomic E-state index is 12.2. The predicted octanol–water partition coefficient (Wildman–Crippen LogP) is 3.48. The zero-order valence-corrected chi connectivity index (χ0v) is 12.4. The lowest BCUT2D eigenvalue weighted by atomic mass is 9.95. The van der Waals surface area contributed by atoms with Crippen molar-refractivity contribution >= 4 is 28.2 Å². The number of carboxylic acid groups (broad SMARTS) is 1. The van der Waals surface area contributed by atoms with Gasteiger partial charge in [0.2, 0.25) is 0 Å². The lowest BCUT2D eigenvalue weighted by Crippen LogP contribution is -2.13. The molecule has 1 aliphatic rings. The molecule has 0 bridgehead atoms. The van der Waals surface area contributed by atoms with Crippen LogP contribution in [0.2, 0.25) is 0 Å². The number of anilines is 1. The quantitative estimate of drug-likeness (QED) is 0.910. The number of hydrogen-bond donors (Lipinski definition) is 2. The van der Waals surface area contributed by atoms with Gasteiger partial charge in [-0.05, 0) is 44.2 Å². The van der Waals surface area contributed by atoms with E-state index in [-0.39, 0.29) is 11.5 Å². The third kappa shape index (κ3) is 2.58. The van der Waals surface area contributed by atoms with Crippen LogP contribution >= 0.6 is 11.3 Å². The average Bonchev–Trinajstić information content (AvgIpc) is 3.01. The molecule has 0 saturated carbocycles. The van der Waals surface area contributed by atoms with Crippen molar-refractivity contribution in [3.63, 3.8) is 0 Å². The van der Waals surface area contributed by atoms with Crippen LogP contribution in [0, 0.1) is 6.92 Å². The Labute approximate surface area is 125 Å². The van der Waals surface area contributed by atoms with E-state index in [9.17, 15) is 14.7 Å². The van der Waals surface area contributed by atoms with E-state index in [1.54, 1.807) is 13.0 Å². The maximum Gasteiger partial charge on any atom is 0.339 e. The number of carbonyl (C=O) groups is 2. The summed E-state index contributed by atoms with van der Waals surface area (Å²) in [4.78, 5) is 24.8. The number of amides is 1. The number of nitrogens with one attached hydrogen (secondary N) is 1. The minimum Gasteiger partial charge on any atom is -0.478 e. The molecule has 2 N–H and O–H groups in total. The first-order valence-electron chi connectivity index (χ1n) is 6.80. The Hall–Kier alpha value is -2.08. The summed E-state index contributed by atoms with van der Waals surface area (Å²) in [5, 5.41) is 12.6. The molecule has 2 heterocycles. The van der Waals surface area contributed by atoms with Crippen molar-refractivity contribution in [1.29, 1.82) is 0 Å². The molecular formula is C15H15NO4S. The molecule has 0 atom stereocenters. The lowest BCUT2D eigenvalue weighted by molar-refractivity contribution is 0.0697. The van der Waals surface area contributed by atoms with E-state index in [1.165, 1.54) is 17.6 Å². The minimum atomic E-state index is -0.979. The lowest BCUT2D eigenvalue weighted by Gasteiger charge is -2.10. The number of aromatic carboxylic acids is 1. The molecule has 0 aliphatic heterocycles. The Morgan fingerprint density at radius 2 is 2.10 bits per heavy atom. The number of rotatable bonds is 3. The van der Waals surface area contributed by atoms with Crippen LogP contribution in [0.25, 0.3) is 0 Å². The first-order chi connectivity index (χ1) is 10.1. The zero-order valence-electron chi connectivity index (χ0n) is 11.6. The minimum absolute atomic E-state index is 0.253. The van der Waals surface area contributed by atoms with E-state index < -0.39 is 5.97 Å². The van der Waals surface area contributed by atoms with Gasteiger partial charge in [-0.15, -0.1) is 11.3 Å². The number of carbonyl (C=O) groups excluding carboxylic acids is 1. The van der Waals surface area contributed by atoms with Crippen molar-refractivity contribution in [1.82, 2.24) is 0 Å². The summed E-state index contributed by atoms with van der Waals surface area (Å²) in [5.41, 5.74) is 1.54. The molecular weight excluding hydrogens is 290 g/mol. The second-order valence-corrected chi connectivity index (χ2v) is 6.23. The van der Waals surface area contributed by atoms with Gasteiger partial charge in [0.25, 0.3) is 5.91 Å². The fourth-order valence-corrected chi connectivity index (χ4v) is 3.89. The van der Waals surface area contributed by atoms with Gasteiger partial charge in [0.05, 0.1) is 11.1 Å². The maximum atomic E-state index is 12.2. The summed E-state index contributed by atoms with van der Waals surface area (Å²) in [6.07, 6.45) is 5.10. The molecule has 2 aromatic heterocycles. The largest absolute Gasteiger partial charge is 0.478 e. The summed E-state index contributed by atoms with van der Waals surface area (Å²) in [6, 6.07) is 1.63. The zero-order chi connectivity index (χ0) is 15.0. The Morgan fingerprint density at radius 3 is 2.76 bits per heavy atom. The Bertz CT molecular complexity index is 713. The molecule has 0 unspecified atom stereocenters. The molecule has 0 radical (unpaired) electrons. The summed E-state index contributed by atoms with van der Waals surface area (Å²) < 4.78 is 5.11. The second-order valence-electron chi connectivity index (χ2n) is 5.12. The third-order valence-electron chi connectivity index (χ3n) is 3.60. The van der Waals surface area contributed by atoms with Crippen LogP contribution in [0.4, 0.5) is 5.00 Å². The molecule has 110 valence electrons. The summed E-state index contributed by atoms with van der Waals surface area (Å²) in [7, 11) is 0. The van der Waals surface area contributed by atoms with Crippen LogP contribution < -0.4 is 5.32 Å². The standard InChI is InChI=1S/C15H15NO4S/c1-8-6-9(7-20-8)13(17)16-14-12(15(18)19)10-4-2-3-5-11(10)21-14/h6-7H,2-5H2,1H3,(H,16,17)(H,18,19). The van der Waals surface area contributed by atoms with E-state index in [0.717, 1.165) is 36.1 Å². The summed E-state index contributed by atoms with van der Waals surface area (Å²) in [6.45, 7) is 1.75. The highest BCUT2D eigenvalue weighted by Gasteiger charge is 2.26. The molecule has 2 aromatic rings. The SMILES string of the molecule is Cc1cc(C(=O)Nc2sc3c(c2C(=O)O)CCCC3)co1. The van der Waals surface area contributed by atoms with Crippen LogP contribution in [0.1, 0.15) is 49.8 Å². The monoisotopic (exact) mass is 305 g/mol. The molecule has 0 aromatic carbocycles. The van der Waals surface area contributed by atoms with Gasteiger partial charge < -0.3 is 14.8 Å². The summed E-state index contributed by atoms with van der Waals surface area (Å²) >= 11 is 1.38. The van der Waals surface area contributed by atoms with Crippen LogP contribution in [0.15, 0.2) is 16.7 Å². The normalized spacial score (nSPS) is 13.8. The number of thiophene rings is 1. The molecule has 1 amide bonds. The molecule has 21 heavy (non-hydrogen) atoms. The van der Waals surface area contributed by atoms with Gasteiger partial charge in [-0.1, -0.05) is 0 Å². The fraction of sp³-hybridized carbons (Fsp3) is 0.333. The van der Waals surface area contributed by atoms with Crippen molar-refractivity contribution in [2.45, 2.75) is 32.6 Å². The van der Waals surface area contributed by atoms with Crippen molar-refractivity contribution in [2.75, 3.05) is 5.32 Å². The van der Waals surface area contributed by atoms with Gasteiger partial charge in [0.15, 0.2) is 0 Å². The molecule has 0 fully saturated rings. The molecule has 3 rings (SSSR count). The number of carboxylic acids is 1. The molecule has 0 saturated heterocycles. The molecule has 5 nitrogen and oxygen atoms in total. The molecule has 0 spiro atoms. The van der Waals surface area contributed by atoms with Crippen molar-refractivity contribution in [2.24, 2.45) is 0 Å². The van der Waals surface area contributed by atoms with E-state index in [2.05, 4.69) is 5.32 Å². The van der Waals surface area contributed by atoms with Gasteiger partial charge in [-0.25, -0.2) is 4.79 Å². The molecule has 6 heteroatoms. The van der Waals surface area contributed by atoms with Crippen molar-refractivity contribution < 1.29 is 19.1 Å². The third-order valence-corrected chi connectivity index (χ3v) is 4.81.